The summed E-state index contributed by atoms with van der Waals surface area (Å²) in [6.07, 6.45) is 5.20. The third-order valence-electron chi connectivity index (χ3n) is 4.70. The average Bonchev–Trinajstić information content (AvgIpc) is 3.37. The minimum atomic E-state index is -0.396. The number of amides is 2. The van der Waals surface area contributed by atoms with Crippen LogP contribution in [0.5, 0.6) is 0 Å². The van der Waals surface area contributed by atoms with Crippen LogP contribution in [-0.4, -0.2) is 40.7 Å². The Bertz CT molecular complexity index is 613. The highest BCUT2D eigenvalue weighted by atomic mass is 35.5. The SMILES string of the molecule is O=C1CCCCCN1CC(=O)N(Cc1c(F)cccc1Cl)C1CC1. The molecule has 0 bridgehead atoms. The Hall–Kier alpha value is -1.62. The van der Waals surface area contributed by atoms with Crippen LogP contribution in [0.3, 0.4) is 0 Å². The largest absolute Gasteiger partial charge is 0.334 e. The van der Waals surface area contributed by atoms with Crippen LogP contribution in [0.4, 0.5) is 4.39 Å². The minimum absolute atomic E-state index is 0.0421. The Kier molecular flexibility index (Phi) is 5.39. The van der Waals surface area contributed by atoms with E-state index in [1.54, 1.807) is 21.9 Å². The lowest BCUT2D eigenvalue weighted by Gasteiger charge is -2.27. The molecule has 0 unspecified atom stereocenters. The second-order valence-electron chi connectivity index (χ2n) is 6.58. The summed E-state index contributed by atoms with van der Waals surface area (Å²) in [5, 5.41) is 0.333. The molecule has 0 aromatic heterocycles. The lowest BCUT2D eigenvalue weighted by atomic mass is 10.2. The zero-order valence-electron chi connectivity index (χ0n) is 13.6. The topological polar surface area (TPSA) is 40.6 Å². The molecule has 0 radical (unpaired) electrons. The Labute approximate surface area is 146 Å². The van der Waals surface area contributed by atoms with Crippen molar-refractivity contribution in [3.05, 3.63) is 34.6 Å². The number of halogens is 2. The van der Waals surface area contributed by atoms with Gasteiger partial charge in [0.2, 0.25) is 11.8 Å². The molecule has 0 N–H and O–H groups in total. The first-order valence-electron chi connectivity index (χ1n) is 8.56. The van der Waals surface area contributed by atoms with Gasteiger partial charge in [-0.25, -0.2) is 4.39 Å². The molecule has 0 spiro atoms. The number of benzene rings is 1. The van der Waals surface area contributed by atoms with Crippen molar-refractivity contribution in [1.29, 1.82) is 0 Å². The highest BCUT2D eigenvalue weighted by Crippen LogP contribution is 2.31. The molecule has 0 atom stereocenters. The highest BCUT2D eigenvalue weighted by Gasteiger charge is 2.34. The third kappa shape index (κ3) is 4.07. The van der Waals surface area contributed by atoms with Crippen molar-refractivity contribution in [1.82, 2.24) is 9.80 Å². The molecule has 4 nitrogen and oxygen atoms in total. The highest BCUT2D eigenvalue weighted by molar-refractivity contribution is 6.31. The number of hydrogen-bond donors (Lipinski definition) is 0. The molecule has 1 heterocycles. The van der Waals surface area contributed by atoms with Gasteiger partial charge in [-0.3, -0.25) is 9.59 Å². The molecule has 2 aliphatic rings. The van der Waals surface area contributed by atoms with Gasteiger partial charge >= 0.3 is 0 Å². The van der Waals surface area contributed by atoms with Crippen molar-refractivity contribution >= 4 is 23.4 Å². The van der Waals surface area contributed by atoms with Crippen molar-refractivity contribution in [2.45, 2.75) is 51.1 Å². The number of hydrogen-bond acceptors (Lipinski definition) is 2. The van der Waals surface area contributed by atoms with E-state index in [9.17, 15) is 14.0 Å². The van der Waals surface area contributed by atoms with Gasteiger partial charge in [0, 0.05) is 29.6 Å². The van der Waals surface area contributed by atoms with Crippen molar-refractivity contribution in [3.8, 4) is 0 Å². The molecule has 3 rings (SSSR count). The Morgan fingerprint density at radius 2 is 2.08 bits per heavy atom. The standard InChI is InChI=1S/C18H22ClFN2O2/c19-15-5-4-6-16(20)14(15)11-22(13-8-9-13)18(24)12-21-10-3-1-2-7-17(21)23/h4-6,13H,1-3,7-12H2. The maximum Gasteiger partial charge on any atom is 0.242 e. The molecular formula is C18H22ClFN2O2. The predicted molar refractivity (Wildman–Crippen MR) is 90.0 cm³/mol. The van der Waals surface area contributed by atoms with Gasteiger partial charge < -0.3 is 9.80 Å². The summed E-state index contributed by atoms with van der Waals surface area (Å²) in [6.45, 7) is 0.877. The Morgan fingerprint density at radius 3 is 2.79 bits per heavy atom. The van der Waals surface area contributed by atoms with E-state index in [1.807, 2.05) is 0 Å². The van der Waals surface area contributed by atoms with Crippen LogP contribution < -0.4 is 0 Å². The Morgan fingerprint density at radius 1 is 1.29 bits per heavy atom. The van der Waals surface area contributed by atoms with E-state index in [0.717, 1.165) is 32.1 Å². The zero-order chi connectivity index (χ0) is 17.1. The smallest absolute Gasteiger partial charge is 0.242 e. The van der Waals surface area contributed by atoms with Crippen LogP contribution in [0.25, 0.3) is 0 Å². The van der Waals surface area contributed by atoms with Crippen LogP contribution >= 0.6 is 11.6 Å². The zero-order valence-corrected chi connectivity index (χ0v) is 14.4. The lowest BCUT2D eigenvalue weighted by Crippen LogP contribution is -2.43. The van der Waals surface area contributed by atoms with Crippen LogP contribution in [0.1, 0.15) is 44.1 Å². The van der Waals surface area contributed by atoms with Gasteiger partial charge in [0.15, 0.2) is 0 Å². The number of nitrogens with zero attached hydrogens (tertiary/aromatic N) is 2. The fraction of sp³-hybridized carbons (Fsp3) is 0.556. The maximum atomic E-state index is 14.0. The first-order chi connectivity index (χ1) is 11.6. The third-order valence-corrected chi connectivity index (χ3v) is 5.05. The molecule has 1 saturated carbocycles. The first kappa shape index (κ1) is 17.2. The summed E-state index contributed by atoms with van der Waals surface area (Å²) < 4.78 is 14.0. The van der Waals surface area contributed by atoms with Gasteiger partial charge in [0.25, 0.3) is 0 Å². The second kappa shape index (κ2) is 7.51. The van der Waals surface area contributed by atoms with Crippen LogP contribution in [-0.2, 0) is 16.1 Å². The maximum absolute atomic E-state index is 14.0. The van der Waals surface area contributed by atoms with Crippen LogP contribution in [0.2, 0.25) is 5.02 Å². The summed E-state index contributed by atoms with van der Waals surface area (Å²) in [7, 11) is 0. The Balaban J connectivity index is 1.71. The molecule has 2 fully saturated rings. The summed E-state index contributed by atoms with van der Waals surface area (Å²) in [4.78, 5) is 28.2. The van der Waals surface area contributed by atoms with E-state index in [2.05, 4.69) is 0 Å². The van der Waals surface area contributed by atoms with E-state index >= 15 is 0 Å². The molecule has 1 aromatic rings. The monoisotopic (exact) mass is 352 g/mol. The van der Waals surface area contributed by atoms with Gasteiger partial charge in [-0.15, -0.1) is 0 Å². The summed E-state index contributed by atoms with van der Waals surface area (Å²) in [6, 6.07) is 4.68. The molecule has 24 heavy (non-hydrogen) atoms. The molecule has 2 amide bonds. The van der Waals surface area contributed by atoms with E-state index in [0.29, 0.717) is 23.6 Å². The molecule has 1 saturated heterocycles. The summed E-state index contributed by atoms with van der Waals surface area (Å²) >= 11 is 6.10. The average molecular weight is 353 g/mol. The molecule has 130 valence electrons. The van der Waals surface area contributed by atoms with Crippen molar-refractivity contribution in [2.24, 2.45) is 0 Å². The quantitative estimate of drug-likeness (QED) is 0.815. The molecule has 1 aliphatic carbocycles. The molecule has 6 heteroatoms. The van der Waals surface area contributed by atoms with Crippen LogP contribution in [0.15, 0.2) is 18.2 Å². The number of carbonyl (C=O) groups excluding carboxylic acids is 2. The minimum Gasteiger partial charge on any atom is -0.334 e. The van der Waals surface area contributed by atoms with Crippen molar-refractivity contribution in [3.63, 3.8) is 0 Å². The summed E-state index contributed by atoms with van der Waals surface area (Å²) in [5.41, 5.74) is 0.349. The van der Waals surface area contributed by atoms with Crippen LogP contribution in [0, 0.1) is 5.82 Å². The fourth-order valence-electron chi connectivity index (χ4n) is 3.12. The van der Waals surface area contributed by atoms with Gasteiger partial charge in [0.05, 0.1) is 13.1 Å². The molecular weight excluding hydrogens is 331 g/mol. The van der Waals surface area contributed by atoms with E-state index < -0.39 is 5.82 Å². The predicted octanol–water partition coefficient (Wildman–Crippen LogP) is 3.37. The normalized spacial score (nSPS) is 18.4. The lowest BCUT2D eigenvalue weighted by molar-refractivity contribution is -0.141. The molecule has 1 aromatic carbocycles. The van der Waals surface area contributed by atoms with Gasteiger partial charge in [0.1, 0.15) is 5.82 Å². The van der Waals surface area contributed by atoms with Crippen molar-refractivity contribution < 1.29 is 14.0 Å². The van der Waals surface area contributed by atoms with E-state index in [1.165, 1.54) is 6.07 Å². The van der Waals surface area contributed by atoms with Gasteiger partial charge in [-0.1, -0.05) is 24.1 Å². The van der Waals surface area contributed by atoms with E-state index in [4.69, 9.17) is 11.6 Å². The van der Waals surface area contributed by atoms with Crippen molar-refractivity contribution in [2.75, 3.05) is 13.1 Å². The number of rotatable bonds is 5. The first-order valence-corrected chi connectivity index (χ1v) is 8.94. The van der Waals surface area contributed by atoms with Gasteiger partial charge in [-0.2, -0.15) is 0 Å². The van der Waals surface area contributed by atoms with E-state index in [-0.39, 0.29) is 30.9 Å². The fourth-order valence-corrected chi connectivity index (χ4v) is 3.34. The van der Waals surface area contributed by atoms with Gasteiger partial charge in [-0.05, 0) is 37.8 Å². The molecule has 1 aliphatic heterocycles. The second-order valence-corrected chi connectivity index (χ2v) is 6.99. The summed E-state index contributed by atoms with van der Waals surface area (Å²) in [5.74, 6) is -0.473. The number of likely N-dealkylation sites (tertiary alicyclic amines) is 1. The number of carbonyl (C=O) groups is 2.